The molecule has 0 N–H and O–H groups in total. The SMILES string of the molecule is CC1(C)OB(c2ccc(C(=O)F)cc2)OC1(C)C. The molecule has 0 saturated carbocycles. The van der Waals surface area contributed by atoms with Crippen LogP contribution in [-0.2, 0) is 9.31 Å². The second-order valence-corrected chi connectivity index (χ2v) is 5.48. The van der Waals surface area contributed by atoms with Crippen LogP contribution >= 0.6 is 0 Å². The van der Waals surface area contributed by atoms with Crippen LogP contribution in [0.4, 0.5) is 4.39 Å². The minimum Gasteiger partial charge on any atom is -0.399 e. The van der Waals surface area contributed by atoms with Gasteiger partial charge in [-0.2, -0.15) is 4.39 Å². The second-order valence-electron chi connectivity index (χ2n) is 5.48. The van der Waals surface area contributed by atoms with E-state index in [2.05, 4.69) is 0 Å². The predicted octanol–water partition coefficient (Wildman–Crippen LogP) is 2.10. The van der Waals surface area contributed by atoms with Crippen molar-refractivity contribution in [1.82, 2.24) is 0 Å². The van der Waals surface area contributed by atoms with Gasteiger partial charge in [-0.05, 0) is 45.3 Å². The Kier molecular flexibility index (Phi) is 3.07. The molecule has 1 aliphatic rings. The fourth-order valence-corrected chi connectivity index (χ4v) is 1.75. The van der Waals surface area contributed by atoms with Gasteiger partial charge in [-0.1, -0.05) is 12.1 Å². The van der Waals surface area contributed by atoms with E-state index >= 15 is 0 Å². The van der Waals surface area contributed by atoms with E-state index in [0.29, 0.717) is 0 Å². The summed E-state index contributed by atoms with van der Waals surface area (Å²) in [6.45, 7) is 7.86. The fraction of sp³-hybridized carbons (Fsp3) is 0.462. The topological polar surface area (TPSA) is 35.5 Å². The summed E-state index contributed by atoms with van der Waals surface area (Å²) in [4.78, 5) is 10.6. The van der Waals surface area contributed by atoms with Crippen LogP contribution in [0, 0.1) is 0 Å². The van der Waals surface area contributed by atoms with Crippen molar-refractivity contribution in [2.45, 2.75) is 38.9 Å². The summed E-state index contributed by atoms with van der Waals surface area (Å²) in [5.41, 5.74) is -0.00713. The lowest BCUT2D eigenvalue weighted by molar-refractivity contribution is 0.00578. The van der Waals surface area contributed by atoms with E-state index in [-0.39, 0.29) is 5.56 Å². The molecule has 1 aromatic rings. The summed E-state index contributed by atoms with van der Waals surface area (Å²) in [5.74, 6) is 0. The smallest absolute Gasteiger partial charge is 0.399 e. The molecule has 1 saturated heterocycles. The van der Waals surface area contributed by atoms with Crippen LogP contribution in [0.1, 0.15) is 38.1 Å². The van der Waals surface area contributed by atoms with Gasteiger partial charge in [-0.25, -0.2) is 0 Å². The van der Waals surface area contributed by atoms with E-state index in [1.165, 1.54) is 12.1 Å². The predicted molar refractivity (Wildman–Crippen MR) is 67.6 cm³/mol. The summed E-state index contributed by atoms with van der Waals surface area (Å²) in [6.07, 6.45) is 0. The van der Waals surface area contributed by atoms with Gasteiger partial charge in [0.25, 0.3) is 0 Å². The van der Waals surface area contributed by atoms with Crippen LogP contribution in [-0.4, -0.2) is 24.4 Å². The molecule has 0 unspecified atom stereocenters. The molecular formula is C13H16BFO3. The number of carbonyl (C=O) groups excluding carboxylic acids is 1. The molecule has 3 nitrogen and oxygen atoms in total. The number of halogens is 1. The molecule has 2 rings (SSSR count). The summed E-state index contributed by atoms with van der Waals surface area (Å²) in [7, 11) is -0.487. The third-order valence-corrected chi connectivity index (χ3v) is 3.66. The first-order chi connectivity index (χ1) is 8.23. The third-order valence-electron chi connectivity index (χ3n) is 3.66. The molecule has 0 bridgehead atoms. The maximum atomic E-state index is 12.5. The molecule has 18 heavy (non-hydrogen) atoms. The zero-order valence-electron chi connectivity index (χ0n) is 11.0. The van der Waals surface area contributed by atoms with Gasteiger partial charge in [-0.15, -0.1) is 0 Å². The Morgan fingerprint density at radius 3 is 1.89 bits per heavy atom. The first-order valence-electron chi connectivity index (χ1n) is 5.88. The maximum absolute atomic E-state index is 12.5. The first-order valence-corrected chi connectivity index (χ1v) is 5.88. The van der Waals surface area contributed by atoms with Crippen LogP contribution in [0.3, 0.4) is 0 Å². The summed E-state index contributed by atoms with van der Waals surface area (Å²) in [5, 5.41) is 0. The average Bonchev–Trinajstić information content (AvgIpc) is 2.48. The normalized spacial score (nSPS) is 21.1. The molecule has 5 heteroatoms. The largest absolute Gasteiger partial charge is 0.494 e. The molecule has 1 aromatic carbocycles. The summed E-state index contributed by atoms with van der Waals surface area (Å²) in [6, 6.07) is 4.73. The van der Waals surface area contributed by atoms with Gasteiger partial charge in [0.1, 0.15) is 0 Å². The Bertz CT molecular complexity index is 452. The zero-order chi connectivity index (χ0) is 13.6. The van der Waals surface area contributed by atoms with Crippen LogP contribution in [0.25, 0.3) is 0 Å². The molecule has 1 aliphatic heterocycles. The van der Waals surface area contributed by atoms with E-state index in [1.807, 2.05) is 27.7 Å². The summed E-state index contributed by atoms with van der Waals surface area (Å²) >= 11 is 0. The lowest BCUT2D eigenvalue weighted by Gasteiger charge is -2.32. The van der Waals surface area contributed by atoms with Crippen molar-refractivity contribution >= 4 is 18.6 Å². The average molecular weight is 250 g/mol. The van der Waals surface area contributed by atoms with Gasteiger partial charge in [0, 0.05) is 0 Å². The Morgan fingerprint density at radius 1 is 1.06 bits per heavy atom. The number of carbonyl (C=O) groups is 1. The quantitative estimate of drug-likeness (QED) is 0.595. The highest BCUT2D eigenvalue weighted by Crippen LogP contribution is 2.36. The Morgan fingerprint density at radius 2 is 1.50 bits per heavy atom. The van der Waals surface area contributed by atoms with Crippen LogP contribution in [0.2, 0.25) is 0 Å². The molecule has 1 heterocycles. The van der Waals surface area contributed by atoms with E-state index in [9.17, 15) is 9.18 Å². The standard InChI is InChI=1S/C13H16BFO3/c1-12(2)13(3,4)18-14(17-12)10-7-5-9(6-8-10)11(15)16/h5-8H,1-4H3. The molecule has 1 fully saturated rings. The van der Waals surface area contributed by atoms with Crippen molar-refractivity contribution in [3.05, 3.63) is 29.8 Å². The Balaban J connectivity index is 2.22. The maximum Gasteiger partial charge on any atom is 0.494 e. The van der Waals surface area contributed by atoms with Crippen molar-refractivity contribution in [1.29, 1.82) is 0 Å². The van der Waals surface area contributed by atoms with Gasteiger partial charge in [0.2, 0.25) is 0 Å². The van der Waals surface area contributed by atoms with Crippen molar-refractivity contribution in [3.8, 4) is 0 Å². The molecule has 0 aromatic heterocycles. The van der Waals surface area contributed by atoms with E-state index < -0.39 is 24.4 Å². The van der Waals surface area contributed by atoms with Crippen molar-refractivity contribution in [2.24, 2.45) is 0 Å². The van der Waals surface area contributed by atoms with Gasteiger partial charge in [0.15, 0.2) is 0 Å². The first kappa shape index (κ1) is 13.2. The number of benzene rings is 1. The second kappa shape index (κ2) is 4.18. The van der Waals surface area contributed by atoms with E-state index in [0.717, 1.165) is 5.46 Å². The van der Waals surface area contributed by atoms with E-state index in [1.54, 1.807) is 12.1 Å². The van der Waals surface area contributed by atoms with Crippen molar-refractivity contribution in [3.63, 3.8) is 0 Å². The highest BCUT2D eigenvalue weighted by atomic mass is 19.1. The highest BCUT2D eigenvalue weighted by molar-refractivity contribution is 6.62. The molecule has 0 amide bonds. The van der Waals surface area contributed by atoms with E-state index in [4.69, 9.17) is 9.31 Å². The van der Waals surface area contributed by atoms with Gasteiger partial charge < -0.3 is 9.31 Å². The van der Waals surface area contributed by atoms with Crippen molar-refractivity contribution in [2.75, 3.05) is 0 Å². The number of rotatable bonds is 2. The van der Waals surface area contributed by atoms with Crippen LogP contribution < -0.4 is 5.46 Å². The van der Waals surface area contributed by atoms with Gasteiger partial charge in [0.05, 0.1) is 16.8 Å². The van der Waals surface area contributed by atoms with Crippen LogP contribution in [0.15, 0.2) is 24.3 Å². The Labute approximate surface area is 106 Å². The van der Waals surface area contributed by atoms with Crippen LogP contribution in [0.5, 0.6) is 0 Å². The molecule has 0 aliphatic carbocycles. The fourth-order valence-electron chi connectivity index (χ4n) is 1.75. The molecule has 0 spiro atoms. The molecule has 0 radical (unpaired) electrons. The lowest BCUT2D eigenvalue weighted by Crippen LogP contribution is -2.41. The monoisotopic (exact) mass is 250 g/mol. The molecule has 96 valence electrons. The lowest BCUT2D eigenvalue weighted by atomic mass is 9.79. The third kappa shape index (κ3) is 2.20. The van der Waals surface area contributed by atoms with Crippen molar-refractivity contribution < 1.29 is 18.5 Å². The molecule has 0 atom stereocenters. The minimum atomic E-state index is -1.43. The Hall–Kier alpha value is -1.20. The van der Waals surface area contributed by atoms with Gasteiger partial charge >= 0.3 is 13.2 Å². The summed E-state index contributed by atoms with van der Waals surface area (Å²) < 4.78 is 24.2. The highest BCUT2D eigenvalue weighted by Gasteiger charge is 2.51. The number of hydrogen-bond donors (Lipinski definition) is 0. The number of hydrogen-bond acceptors (Lipinski definition) is 3. The van der Waals surface area contributed by atoms with Gasteiger partial charge in [-0.3, -0.25) is 4.79 Å². The minimum absolute atomic E-state index is 0.0373. The molecular weight excluding hydrogens is 234 g/mol. The zero-order valence-corrected chi connectivity index (χ0v) is 11.0.